The highest BCUT2D eigenvalue weighted by atomic mass is 16.5. The van der Waals surface area contributed by atoms with Gasteiger partial charge in [0.25, 0.3) is 11.8 Å². The highest BCUT2D eigenvalue weighted by Crippen LogP contribution is 2.34. The SMILES string of the molecule is Cc1cc(NC(=O)[C@@H](O)c2cccc3c2OCC3)ccc1-c1cnc(N)c(C(=O)NC(C)C)c1. The molecule has 0 saturated carbocycles. The number of amides is 2. The number of carbonyl (C=O) groups excluding carboxylic acids is 2. The van der Waals surface area contributed by atoms with Crippen molar-refractivity contribution in [1.29, 1.82) is 0 Å². The van der Waals surface area contributed by atoms with Crippen molar-refractivity contribution in [2.45, 2.75) is 39.3 Å². The Morgan fingerprint density at radius 1 is 1.18 bits per heavy atom. The number of rotatable bonds is 6. The fourth-order valence-electron chi connectivity index (χ4n) is 4.02. The highest BCUT2D eigenvalue weighted by molar-refractivity contribution is 6.00. The Hall–Kier alpha value is -3.91. The number of nitrogens with zero attached hydrogens (tertiary/aromatic N) is 1. The maximum atomic E-state index is 12.7. The minimum absolute atomic E-state index is 0.0287. The molecule has 1 aromatic heterocycles. The van der Waals surface area contributed by atoms with Crippen LogP contribution in [0.3, 0.4) is 0 Å². The van der Waals surface area contributed by atoms with Gasteiger partial charge in [0.2, 0.25) is 0 Å². The first kappa shape index (κ1) is 23.3. The number of nitrogen functional groups attached to an aromatic ring is 1. The van der Waals surface area contributed by atoms with Gasteiger partial charge in [-0.15, -0.1) is 0 Å². The summed E-state index contributed by atoms with van der Waals surface area (Å²) in [6.45, 7) is 6.18. The first-order chi connectivity index (χ1) is 16.2. The van der Waals surface area contributed by atoms with Crippen LogP contribution < -0.4 is 21.1 Å². The molecule has 8 nitrogen and oxygen atoms in total. The molecule has 0 bridgehead atoms. The number of ether oxygens (including phenoxy) is 1. The minimum atomic E-state index is -1.35. The number of benzene rings is 2. The number of hydrogen-bond donors (Lipinski definition) is 4. The average Bonchev–Trinajstić information content (AvgIpc) is 3.28. The zero-order valence-electron chi connectivity index (χ0n) is 19.4. The van der Waals surface area contributed by atoms with Crippen molar-refractivity contribution in [2.75, 3.05) is 17.7 Å². The van der Waals surface area contributed by atoms with Crippen molar-refractivity contribution >= 4 is 23.3 Å². The zero-order chi connectivity index (χ0) is 24.4. The van der Waals surface area contributed by atoms with Crippen LogP contribution in [0.15, 0.2) is 48.7 Å². The molecule has 8 heteroatoms. The van der Waals surface area contributed by atoms with Crippen LogP contribution in [-0.4, -0.2) is 34.6 Å². The fourth-order valence-corrected chi connectivity index (χ4v) is 4.02. The summed E-state index contributed by atoms with van der Waals surface area (Å²) < 4.78 is 5.61. The van der Waals surface area contributed by atoms with E-state index >= 15 is 0 Å². The van der Waals surface area contributed by atoms with E-state index in [1.807, 2.05) is 39.0 Å². The monoisotopic (exact) mass is 460 g/mol. The number of aromatic nitrogens is 1. The summed E-state index contributed by atoms with van der Waals surface area (Å²) in [7, 11) is 0. The van der Waals surface area contributed by atoms with Gasteiger partial charge < -0.3 is 26.2 Å². The minimum Gasteiger partial charge on any atom is -0.493 e. The van der Waals surface area contributed by atoms with Crippen molar-refractivity contribution < 1.29 is 19.4 Å². The van der Waals surface area contributed by atoms with Crippen LogP contribution in [0.4, 0.5) is 11.5 Å². The molecule has 1 aliphatic heterocycles. The molecule has 34 heavy (non-hydrogen) atoms. The van der Waals surface area contributed by atoms with E-state index in [9.17, 15) is 14.7 Å². The third kappa shape index (κ3) is 4.72. The lowest BCUT2D eigenvalue weighted by atomic mass is 9.99. The lowest BCUT2D eigenvalue weighted by Crippen LogP contribution is -2.30. The highest BCUT2D eigenvalue weighted by Gasteiger charge is 2.25. The number of aliphatic hydroxyl groups excluding tert-OH is 1. The van der Waals surface area contributed by atoms with E-state index in [1.54, 1.807) is 30.5 Å². The van der Waals surface area contributed by atoms with Crippen LogP contribution in [0, 0.1) is 6.92 Å². The van der Waals surface area contributed by atoms with E-state index in [-0.39, 0.29) is 17.8 Å². The van der Waals surface area contributed by atoms with Crippen LogP contribution in [0.25, 0.3) is 11.1 Å². The molecule has 1 atom stereocenters. The summed E-state index contributed by atoms with van der Waals surface area (Å²) in [5, 5.41) is 16.2. The molecule has 0 fully saturated rings. The summed E-state index contributed by atoms with van der Waals surface area (Å²) in [6.07, 6.45) is 1.03. The van der Waals surface area contributed by atoms with Crippen molar-refractivity contribution in [2.24, 2.45) is 0 Å². The number of pyridine rings is 1. The van der Waals surface area contributed by atoms with Crippen LogP contribution in [0.1, 0.15) is 47.0 Å². The largest absolute Gasteiger partial charge is 0.493 e. The van der Waals surface area contributed by atoms with Crippen LogP contribution in [0.5, 0.6) is 5.75 Å². The Bertz CT molecular complexity index is 1260. The predicted octanol–water partition coefficient (Wildman–Crippen LogP) is 3.38. The second-order valence-corrected chi connectivity index (χ2v) is 8.64. The van der Waals surface area contributed by atoms with Crippen molar-refractivity contribution in [3.63, 3.8) is 0 Å². The molecule has 2 heterocycles. The molecule has 0 spiro atoms. The van der Waals surface area contributed by atoms with Gasteiger partial charge in [-0.3, -0.25) is 9.59 Å². The molecule has 1 aliphatic rings. The average molecular weight is 461 g/mol. The van der Waals surface area contributed by atoms with Gasteiger partial charge in [-0.25, -0.2) is 4.98 Å². The number of carbonyl (C=O) groups is 2. The fraction of sp³-hybridized carbons (Fsp3) is 0.269. The van der Waals surface area contributed by atoms with Gasteiger partial charge >= 0.3 is 0 Å². The first-order valence-electron chi connectivity index (χ1n) is 11.2. The number of aryl methyl sites for hydroxylation is 1. The molecule has 0 saturated heterocycles. The summed E-state index contributed by atoms with van der Waals surface area (Å²) in [6, 6.07) is 12.5. The Balaban J connectivity index is 1.53. The van der Waals surface area contributed by atoms with Gasteiger partial charge in [-0.1, -0.05) is 24.3 Å². The van der Waals surface area contributed by atoms with Crippen LogP contribution in [0.2, 0.25) is 0 Å². The number of fused-ring (bicyclic) bond motifs is 1. The number of anilines is 2. The summed E-state index contributed by atoms with van der Waals surface area (Å²) in [4.78, 5) is 29.4. The normalized spacial score (nSPS) is 13.2. The molecule has 0 unspecified atom stereocenters. The van der Waals surface area contributed by atoms with Crippen LogP contribution >= 0.6 is 0 Å². The quantitative estimate of drug-likeness (QED) is 0.447. The lowest BCUT2D eigenvalue weighted by Gasteiger charge is -2.16. The van der Waals surface area contributed by atoms with Gasteiger partial charge in [0.15, 0.2) is 6.10 Å². The Morgan fingerprint density at radius 3 is 2.71 bits per heavy atom. The molecule has 2 amide bonds. The van der Waals surface area contributed by atoms with E-state index in [0.29, 0.717) is 29.2 Å². The molecule has 2 aromatic carbocycles. The number of hydrogen-bond acceptors (Lipinski definition) is 6. The Morgan fingerprint density at radius 2 is 1.97 bits per heavy atom. The molecular formula is C26H28N4O4. The van der Waals surface area contributed by atoms with Gasteiger partial charge in [-0.05, 0) is 55.7 Å². The van der Waals surface area contributed by atoms with E-state index in [1.165, 1.54) is 0 Å². The van der Waals surface area contributed by atoms with E-state index in [0.717, 1.165) is 28.7 Å². The number of aliphatic hydroxyl groups is 1. The summed E-state index contributed by atoms with van der Waals surface area (Å²) in [5.41, 5.74) is 10.7. The molecular weight excluding hydrogens is 432 g/mol. The zero-order valence-corrected chi connectivity index (χ0v) is 19.4. The predicted molar refractivity (Wildman–Crippen MR) is 131 cm³/mol. The molecule has 0 aliphatic carbocycles. The van der Waals surface area contributed by atoms with Gasteiger partial charge in [-0.2, -0.15) is 0 Å². The van der Waals surface area contributed by atoms with E-state index < -0.39 is 12.0 Å². The number of nitrogens with two attached hydrogens (primary N) is 1. The third-order valence-corrected chi connectivity index (χ3v) is 5.68. The molecule has 3 aromatic rings. The standard InChI is InChI=1S/C26H28N4O4/c1-14(2)29-25(32)21-12-17(13-28-24(21)27)19-8-7-18(11-15(19)3)30-26(33)22(31)20-6-4-5-16-9-10-34-23(16)20/h4-8,11-14,22,31H,9-10H2,1-3H3,(H2,27,28)(H,29,32)(H,30,33)/t22-/m0/s1. The van der Waals surface area contributed by atoms with Gasteiger partial charge in [0, 0.05) is 35.5 Å². The number of para-hydroxylation sites is 1. The Labute approximate surface area is 198 Å². The molecule has 4 rings (SSSR count). The van der Waals surface area contributed by atoms with Crippen molar-refractivity contribution in [3.05, 3.63) is 70.9 Å². The van der Waals surface area contributed by atoms with E-state index in [4.69, 9.17) is 10.5 Å². The maximum absolute atomic E-state index is 12.7. The first-order valence-corrected chi connectivity index (χ1v) is 11.2. The summed E-state index contributed by atoms with van der Waals surface area (Å²) >= 11 is 0. The van der Waals surface area contributed by atoms with E-state index in [2.05, 4.69) is 15.6 Å². The molecule has 176 valence electrons. The van der Waals surface area contributed by atoms with Gasteiger partial charge in [0.1, 0.15) is 11.6 Å². The lowest BCUT2D eigenvalue weighted by molar-refractivity contribution is -0.124. The molecule has 0 radical (unpaired) electrons. The second kappa shape index (κ2) is 9.52. The Kier molecular flexibility index (Phi) is 6.51. The van der Waals surface area contributed by atoms with Crippen molar-refractivity contribution in [1.82, 2.24) is 10.3 Å². The second-order valence-electron chi connectivity index (χ2n) is 8.64. The third-order valence-electron chi connectivity index (χ3n) is 5.68. The van der Waals surface area contributed by atoms with Gasteiger partial charge in [0.05, 0.1) is 12.2 Å². The maximum Gasteiger partial charge on any atom is 0.257 e. The smallest absolute Gasteiger partial charge is 0.257 e. The summed E-state index contributed by atoms with van der Waals surface area (Å²) in [5.74, 6) is -0.0785. The molecule has 5 N–H and O–H groups in total. The van der Waals surface area contributed by atoms with Crippen LogP contribution in [-0.2, 0) is 11.2 Å². The topological polar surface area (TPSA) is 127 Å². The number of nitrogens with one attached hydrogen (secondary N) is 2. The van der Waals surface area contributed by atoms with Crippen molar-refractivity contribution in [3.8, 4) is 16.9 Å².